The van der Waals surface area contributed by atoms with Crippen LogP contribution in [0.3, 0.4) is 0 Å². The van der Waals surface area contributed by atoms with E-state index >= 15 is 0 Å². The minimum absolute atomic E-state index is 0.0775. The summed E-state index contributed by atoms with van der Waals surface area (Å²) in [5.74, 6) is 0. The summed E-state index contributed by atoms with van der Waals surface area (Å²) < 4.78 is 7.83. The lowest BCUT2D eigenvalue weighted by molar-refractivity contribution is -0.0334. The summed E-state index contributed by atoms with van der Waals surface area (Å²) in [6.07, 6.45) is 2.10. The Kier molecular flexibility index (Phi) is 4.42. The third kappa shape index (κ3) is 3.40. The first-order valence-electron chi connectivity index (χ1n) is 8.14. The van der Waals surface area contributed by atoms with Crippen molar-refractivity contribution in [2.75, 3.05) is 19.7 Å². The Hall–Kier alpha value is -2.02. The lowest BCUT2D eigenvalue weighted by atomic mass is 10.2. The molecule has 4 rings (SSSR count). The van der Waals surface area contributed by atoms with Gasteiger partial charge in [0.05, 0.1) is 18.0 Å². The molecule has 0 radical (unpaired) electrons. The Morgan fingerprint density at radius 1 is 1.25 bits per heavy atom. The molecule has 1 atom stereocenters. The molecule has 0 aliphatic carbocycles. The number of para-hydroxylation sites is 1. The van der Waals surface area contributed by atoms with Gasteiger partial charge in [0.15, 0.2) is 0 Å². The monoisotopic (exact) mass is 340 g/mol. The number of ether oxygens (including phenoxy) is 1. The molecule has 1 aromatic carbocycles. The largest absolute Gasteiger partial charge is 0.368 e. The average molecular weight is 340 g/mol. The molecule has 3 heterocycles. The maximum atomic E-state index is 5.90. The molecule has 24 heavy (non-hydrogen) atoms. The number of aryl methyl sites for hydroxylation is 1. The zero-order chi connectivity index (χ0) is 16.4. The van der Waals surface area contributed by atoms with Crippen LogP contribution in [-0.4, -0.2) is 39.4 Å². The Morgan fingerprint density at radius 3 is 2.92 bits per heavy atom. The molecule has 1 aliphatic rings. The van der Waals surface area contributed by atoms with Crippen LogP contribution in [0.15, 0.2) is 48.0 Å². The number of hydrogen-bond acceptors (Lipinski definition) is 5. The van der Waals surface area contributed by atoms with E-state index in [1.54, 1.807) is 11.3 Å². The summed E-state index contributed by atoms with van der Waals surface area (Å²) in [4.78, 5) is 6.96. The van der Waals surface area contributed by atoms with E-state index in [1.807, 2.05) is 36.0 Å². The molecule has 0 N–H and O–H groups in total. The molecule has 0 bridgehead atoms. The van der Waals surface area contributed by atoms with E-state index in [4.69, 9.17) is 9.84 Å². The Morgan fingerprint density at radius 2 is 2.12 bits per heavy atom. The van der Waals surface area contributed by atoms with E-state index in [0.29, 0.717) is 0 Å². The van der Waals surface area contributed by atoms with Gasteiger partial charge in [-0.25, -0.2) is 9.67 Å². The molecule has 1 fully saturated rings. The molecule has 124 valence electrons. The maximum absolute atomic E-state index is 5.90. The Labute approximate surface area is 145 Å². The third-order valence-electron chi connectivity index (χ3n) is 4.11. The normalized spacial score (nSPS) is 18.8. The highest BCUT2D eigenvalue weighted by atomic mass is 32.1. The maximum Gasteiger partial charge on any atom is 0.123 e. The molecule has 1 saturated heterocycles. The predicted molar refractivity (Wildman–Crippen MR) is 94.4 cm³/mol. The lowest BCUT2D eigenvalue weighted by Gasteiger charge is -2.31. The fraction of sp³-hybridized carbons (Fsp3) is 0.333. The molecule has 0 spiro atoms. The van der Waals surface area contributed by atoms with Crippen molar-refractivity contribution >= 4 is 11.3 Å². The van der Waals surface area contributed by atoms with Crippen molar-refractivity contribution in [3.8, 4) is 5.69 Å². The van der Waals surface area contributed by atoms with Crippen molar-refractivity contribution in [2.45, 2.75) is 19.6 Å². The van der Waals surface area contributed by atoms with Crippen LogP contribution < -0.4 is 0 Å². The van der Waals surface area contributed by atoms with Gasteiger partial charge in [-0.2, -0.15) is 5.10 Å². The molecule has 0 saturated carbocycles. The topological polar surface area (TPSA) is 43.2 Å². The lowest BCUT2D eigenvalue weighted by Crippen LogP contribution is -2.37. The van der Waals surface area contributed by atoms with Crippen LogP contribution in [0.2, 0.25) is 0 Å². The molecule has 6 heteroatoms. The average Bonchev–Trinajstić information content (AvgIpc) is 3.25. The summed E-state index contributed by atoms with van der Waals surface area (Å²) >= 11 is 1.68. The summed E-state index contributed by atoms with van der Waals surface area (Å²) in [7, 11) is 0. The van der Waals surface area contributed by atoms with Gasteiger partial charge in [-0.1, -0.05) is 18.2 Å². The fourth-order valence-electron chi connectivity index (χ4n) is 2.92. The number of nitrogens with zero attached hydrogens (tertiary/aromatic N) is 4. The predicted octanol–water partition coefficient (Wildman–Crippen LogP) is 3.21. The number of thiazole rings is 1. The van der Waals surface area contributed by atoms with Crippen LogP contribution in [-0.2, 0) is 11.3 Å². The van der Waals surface area contributed by atoms with Crippen molar-refractivity contribution in [1.82, 2.24) is 19.7 Å². The zero-order valence-electron chi connectivity index (χ0n) is 13.6. The Bertz CT molecular complexity index is 798. The zero-order valence-corrected chi connectivity index (χ0v) is 14.4. The van der Waals surface area contributed by atoms with Crippen molar-refractivity contribution in [1.29, 1.82) is 0 Å². The van der Waals surface area contributed by atoms with E-state index in [1.165, 1.54) is 0 Å². The van der Waals surface area contributed by atoms with Crippen LogP contribution >= 0.6 is 11.3 Å². The first-order chi connectivity index (χ1) is 11.8. The smallest absolute Gasteiger partial charge is 0.123 e. The van der Waals surface area contributed by atoms with Gasteiger partial charge in [-0.05, 0) is 25.1 Å². The minimum atomic E-state index is 0.0775. The molecule has 0 unspecified atom stereocenters. The van der Waals surface area contributed by atoms with Crippen molar-refractivity contribution in [2.24, 2.45) is 0 Å². The highest BCUT2D eigenvalue weighted by Gasteiger charge is 2.24. The van der Waals surface area contributed by atoms with Gasteiger partial charge in [0.25, 0.3) is 0 Å². The van der Waals surface area contributed by atoms with Crippen molar-refractivity contribution in [3.63, 3.8) is 0 Å². The second-order valence-corrected chi connectivity index (χ2v) is 6.90. The van der Waals surface area contributed by atoms with E-state index in [9.17, 15) is 0 Å². The van der Waals surface area contributed by atoms with Gasteiger partial charge in [0.1, 0.15) is 11.1 Å². The molecular weight excluding hydrogens is 320 g/mol. The van der Waals surface area contributed by atoms with Crippen LogP contribution in [0.4, 0.5) is 0 Å². The summed E-state index contributed by atoms with van der Waals surface area (Å²) in [6, 6.07) is 12.3. The fourth-order valence-corrected chi connectivity index (χ4v) is 3.75. The van der Waals surface area contributed by atoms with Crippen LogP contribution in [0, 0.1) is 6.92 Å². The van der Waals surface area contributed by atoms with Crippen molar-refractivity contribution < 1.29 is 4.74 Å². The van der Waals surface area contributed by atoms with Gasteiger partial charge in [-0.3, -0.25) is 4.90 Å². The van der Waals surface area contributed by atoms with Gasteiger partial charge in [0.2, 0.25) is 0 Å². The summed E-state index contributed by atoms with van der Waals surface area (Å²) in [5.41, 5.74) is 3.23. The van der Waals surface area contributed by atoms with Crippen molar-refractivity contribution in [3.05, 3.63) is 64.4 Å². The number of benzene rings is 1. The SMILES string of the molecule is Cc1csc([C@H]2CN(Cc3ccn(-c4ccccc4)n3)CCO2)n1. The summed E-state index contributed by atoms with van der Waals surface area (Å²) in [6.45, 7) is 5.40. The second-order valence-electron chi connectivity index (χ2n) is 6.01. The first kappa shape index (κ1) is 15.5. The molecular formula is C18H20N4OS. The second kappa shape index (κ2) is 6.84. The quantitative estimate of drug-likeness (QED) is 0.731. The van der Waals surface area contributed by atoms with Gasteiger partial charge in [-0.15, -0.1) is 11.3 Å². The number of aromatic nitrogens is 3. The standard InChI is InChI=1S/C18H20N4OS/c1-14-13-24-18(19-14)17-12-21(9-10-23-17)11-15-7-8-22(20-15)16-5-3-2-4-6-16/h2-8,13,17H,9-12H2,1H3/t17-/m1/s1. The van der Waals surface area contributed by atoms with Gasteiger partial charge >= 0.3 is 0 Å². The molecule has 3 aromatic rings. The summed E-state index contributed by atoms with van der Waals surface area (Å²) in [5, 5.41) is 7.86. The van der Waals surface area contributed by atoms with Gasteiger partial charge < -0.3 is 4.74 Å². The van der Waals surface area contributed by atoms with Crippen LogP contribution in [0.25, 0.3) is 5.69 Å². The first-order valence-corrected chi connectivity index (χ1v) is 9.02. The molecule has 0 amide bonds. The minimum Gasteiger partial charge on any atom is -0.368 e. The van der Waals surface area contributed by atoms with E-state index in [0.717, 1.165) is 48.3 Å². The highest BCUT2D eigenvalue weighted by molar-refractivity contribution is 7.09. The van der Waals surface area contributed by atoms with Crippen LogP contribution in [0.1, 0.15) is 22.5 Å². The van der Waals surface area contributed by atoms with E-state index in [-0.39, 0.29) is 6.10 Å². The van der Waals surface area contributed by atoms with Crippen LogP contribution in [0.5, 0.6) is 0 Å². The number of hydrogen-bond donors (Lipinski definition) is 0. The number of rotatable bonds is 4. The molecule has 2 aromatic heterocycles. The van der Waals surface area contributed by atoms with Gasteiger partial charge in [0, 0.05) is 36.9 Å². The molecule has 1 aliphatic heterocycles. The third-order valence-corrected chi connectivity index (χ3v) is 5.17. The van der Waals surface area contributed by atoms with E-state index in [2.05, 4.69) is 33.5 Å². The molecule has 5 nitrogen and oxygen atoms in total. The Balaban J connectivity index is 1.43. The highest BCUT2D eigenvalue weighted by Crippen LogP contribution is 2.25. The number of morpholine rings is 1. The van der Waals surface area contributed by atoms with E-state index < -0.39 is 0 Å².